The summed E-state index contributed by atoms with van der Waals surface area (Å²) < 4.78 is 0. The van der Waals surface area contributed by atoms with Crippen LogP contribution in [-0.4, -0.2) is 23.0 Å². The summed E-state index contributed by atoms with van der Waals surface area (Å²) in [4.78, 5) is 14.2. The second-order valence-corrected chi connectivity index (χ2v) is 3.92. The molecule has 0 unspecified atom stereocenters. The lowest BCUT2D eigenvalue weighted by Gasteiger charge is -2.22. The van der Waals surface area contributed by atoms with Gasteiger partial charge in [-0.1, -0.05) is 0 Å². The smallest absolute Gasteiger partial charge is 0.311 e. The number of anilines is 1. The van der Waals surface area contributed by atoms with Gasteiger partial charge in [-0.15, -0.1) is 0 Å². The van der Waals surface area contributed by atoms with Crippen LogP contribution in [-0.2, 0) is 0 Å². The highest BCUT2D eigenvalue weighted by Gasteiger charge is 2.19. The van der Waals surface area contributed by atoms with Crippen LogP contribution in [0.2, 0.25) is 0 Å². The van der Waals surface area contributed by atoms with E-state index in [1.54, 1.807) is 6.07 Å². The van der Waals surface area contributed by atoms with Crippen LogP contribution in [0, 0.1) is 10.1 Å². The molecule has 0 radical (unpaired) electrons. The molecule has 1 aliphatic rings. The number of hydrogen-bond acceptors (Lipinski definition) is 5. The number of nitrogen functional groups attached to an aromatic ring is 1. The van der Waals surface area contributed by atoms with E-state index in [1.165, 1.54) is 6.07 Å². The van der Waals surface area contributed by atoms with Crippen LogP contribution in [0.25, 0.3) is 0 Å². The second-order valence-electron chi connectivity index (χ2n) is 3.92. The van der Waals surface area contributed by atoms with Crippen LogP contribution in [0.3, 0.4) is 0 Å². The Labute approximate surface area is 93.0 Å². The number of aromatic nitrogens is 1. The fourth-order valence-electron chi connectivity index (χ4n) is 1.98. The van der Waals surface area contributed by atoms with Crippen LogP contribution in [0.1, 0.15) is 24.5 Å². The topological polar surface area (TPSA) is 94.1 Å². The lowest BCUT2D eigenvalue weighted by atomic mass is 9.94. The van der Waals surface area contributed by atoms with Crippen molar-refractivity contribution < 1.29 is 4.92 Å². The van der Waals surface area contributed by atoms with Crippen molar-refractivity contribution in [2.45, 2.75) is 18.8 Å². The Morgan fingerprint density at radius 2 is 2.12 bits per heavy atom. The van der Waals surface area contributed by atoms with Crippen molar-refractivity contribution in [3.8, 4) is 0 Å². The van der Waals surface area contributed by atoms with E-state index in [9.17, 15) is 10.1 Å². The molecule has 0 aromatic carbocycles. The van der Waals surface area contributed by atoms with Crippen molar-refractivity contribution in [2.24, 2.45) is 0 Å². The Kier molecular flexibility index (Phi) is 3.00. The van der Waals surface area contributed by atoms with Crippen LogP contribution in [0.4, 0.5) is 11.5 Å². The Morgan fingerprint density at radius 3 is 2.69 bits per heavy atom. The second kappa shape index (κ2) is 4.44. The monoisotopic (exact) mass is 222 g/mol. The number of rotatable bonds is 2. The minimum atomic E-state index is -0.505. The summed E-state index contributed by atoms with van der Waals surface area (Å²) in [5.74, 6) is 0.380. The van der Waals surface area contributed by atoms with Crippen LogP contribution >= 0.6 is 0 Å². The molecule has 6 nitrogen and oxygen atoms in total. The van der Waals surface area contributed by atoms with Gasteiger partial charge in [-0.3, -0.25) is 10.1 Å². The van der Waals surface area contributed by atoms with Gasteiger partial charge in [0.25, 0.3) is 0 Å². The SMILES string of the molecule is Nc1nc(C2CCNCC2)ccc1[N+](=O)[O-]. The predicted molar refractivity (Wildman–Crippen MR) is 60.1 cm³/mol. The van der Waals surface area contributed by atoms with Crippen LogP contribution in [0.15, 0.2) is 12.1 Å². The van der Waals surface area contributed by atoms with E-state index in [2.05, 4.69) is 10.3 Å². The number of pyridine rings is 1. The fourth-order valence-corrected chi connectivity index (χ4v) is 1.98. The molecule has 1 aliphatic heterocycles. The van der Waals surface area contributed by atoms with E-state index < -0.39 is 4.92 Å². The Balaban J connectivity index is 2.23. The largest absolute Gasteiger partial charge is 0.378 e. The molecule has 2 heterocycles. The Morgan fingerprint density at radius 1 is 1.44 bits per heavy atom. The van der Waals surface area contributed by atoms with E-state index in [0.717, 1.165) is 31.6 Å². The van der Waals surface area contributed by atoms with Gasteiger partial charge in [0.05, 0.1) is 4.92 Å². The average molecular weight is 222 g/mol. The van der Waals surface area contributed by atoms with Gasteiger partial charge in [0, 0.05) is 17.7 Å². The molecule has 0 saturated carbocycles. The van der Waals surface area contributed by atoms with Crippen molar-refractivity contribution in [1.82, 2.24) is 10.3 Å². The minimum absolute atomic E-state index is 0.0148. The van der Waals surface area contributed by atoms with Gasteiger partial charge in [-0.2, -0.15) is 0 Å². The van der Waals surface area contributed by atoms with E-state index in [0.29, 0.717) is 5.92 Å². The third-order valence-corrected chi connectivity index (χ3v) is 2.88. The Hall–Kier alpha value is -1.69. The zero-order chi connectivity index (χ0) is 11.5. The molecule has 16 heavy (non-hydrogen) atoms. The first-order chi connectivity index (χ1) is 7.68. The molecule has 0 bridgehead atoms. The lowest BCUT2D eigenvalue weighted by molar-refractivity contribution is -0.384. The van der Waals surface area contributed by atoms with Crippen molar-refractivity contribution in [1.29, 1.82) is 0 Å². The van der Waals surface area contributed by atoms with Gasteiger partial charge in [0.2, 0.25) is 5.82 Å². The molecule has 1 aromatic rings. The lowest BCUT2D eigenvalue weighted by Crippen LogP contribution is -2.27. The summed E-state index contributed by atoms with van der Waals surface area (Å²) in [6, 6.07) is 3.16. The van der Waals surface area contributed by atoms with Gasteiger partial charge in [0.15, 0.2) is 0 Å². The summed E-state index contributed by atoms with van der Waals surface area (Å²) >= 11 is 0. The molecule has 1 saturated heterocycles. The van der Waals surface area contributed by atoms with Gasteiger partial charge < -0.3 is 11.1 Å². The average Bonchev–Trinajstić information content (AvgIpc) is 2.29. The quantitative estimate of drug-likeness (QED) is 0.576. The Bertz CT molecular complexity index is 402. The maximum Gasteiger partial charge on any atom is 0.311 e. The first-order valence-electron chi connectivity index (χ1n) is 5.30. The first kappa shape index (κ1) is 10.8. The molecule has 0 atom stereocenters. The molecule has 0 spiro atoms. The predicted octanol–water partition coefficient (Wildman–Crippen LogP) is 1.04. The number of nitrogens with two attached hydrogens (primary N) is 1. The molecule has 2 rings (SSSR count). The maximum absolute atomic E-state index is 10.6. The fraction of sp³-hybridized carbons (Fsp3) is 0.500. The molecule has 6 heteroatoms. The molecule has 0 amide bonds. The van der Waals surface area contributed by atoms with Crippen LogP contribution in [0.5, 0.6) is 0 Å². The normalized spacial score (nSPS) is 17.2. The number of nitrogens with one attached hydrogen (secondary N) is 1. The standard InChI is InChI=1S/C10H14N4O2/c11-10-9(14(15)16)2-1-8(13-10)7-3-5-12-6-4-7/h1-2,7,12H,3-6H2,(H2,11,13). The van der Waals surface area contributed by atoms with Gasteiger partial charge in [0.1, 0.15) is 0 Å². The van der Waals surface area contributed by atoms with Crippen molar-refractivity contribution in [3.05, 3.63) is 27.9 Å². The van der Waals surface area contributed by atoms with E-state index >= 15 is 0 Å². The molecular formula is C10H14N4O2. The summed E-state index contributed by atoms with van der Waals surface area (Å²) in [6.07, 6.45) is 2.01. The van der Waals surface area contributed by atoms with Gasteiger partial charge in [-0.05, 0) is 32.0 Å². The van der Waals surface area contributed by atoms with E-state index in [-0.39, 0.29) is 11.5 Å². The minimum Gasteiger partial charge on any atom is -0.378 e. The van der Waals surface area contributed by atoms with Crippen LogP contribution < -0.4 is 11.1 Å². The zero-order valence-corrected chi connectivity index (χ0v) is 8.85. The molecular weight excluding hydrogens is 208 g/mol. The third-order valence-electron chi connectivity index (χ3n) is 2.88. The molecule has 1 fully saturated rings. The molecule has 3 N–H and O–H groups in total. The van der Waals surface area contributed by atoms with Crippen molar-refractivity contribution >= 4 is 11.5 Å². The van der Waals surface area contributed by atoms with Gasteiger partial charge in [-0.25, -0.2) is 4.98 Å². The zero-order valence-electron chi connectivity index (χ0n) is 8.85. The summed E-state index contributed by atoms with van der Waals surface area (Å²) in [6.45, 7) is 1.92. The molecule has 86 valence electrons. The summed E-state index contributed by atoms with van der Waals surface area (Å²) in [5, 5.41) is 13.8. The summed E-state index contributed by atoms with van der Waals surface area (Å²) in [7, 11) is 0. The van der Waals surface area contributed by atoms with E-state index in [1.807, 2.05) is 0 Å². The maximum atomic E-state index is 10.6. The molecule has 0 aliphatic carbocycles. The highest BCUT2D eigenvalue weighted by atomic mass is 16.6. The highest BCUT2D eigenvalue weighted by Crippen LogP contribution is 2.27. The highest BCUT2D eigenvalue weighted by molar-refractivity contribution is 5.52. The number of nitrogens with zero attached hydrogens (tertiary/aromatic N) is 2. The number of hydrogen-bond donors (Lipinski definition) is 2. The summed E-state index contributed by atoms with van der Waals surface area (Å²) in [5.41, 5.74) is 6.31. The van der Waals surface area contributed by atoms with Crippen molar-refractivity contribution in [3.63, 3.8) is 0 Å². The first-order valence-corrected chi connectivity index (χ1v) is 5.30. The van der Waals surface area contributed by atoms with Gasteiger partial charge >= 0.3 is 5.69 Å². The third kappa shape index (κ3) is 2.11. The molecule has 1 aromatic heterocycles. The number of piperidine rings is 1. The van der Waals surface area contributed by atoms with E-state index in [4.69, 9.17) is 5.73 Å². The van der Waals surface area contributed by atoms with Crippen molar-refractivity contribution in [2.75, 3.05) is 18.8 Å². The number of nitro groups is 1.